The Labute approximate surface area is 49.5 Å². The summed E-state index contributed by atoms with van der Waals surface area (Å²) in [5.41, 5.74) is 1.08. The van der Waals surface area contributed by atoms with Crippen LogP contribution in [-0.4, -0.2) is 11.6 Å². The molecule has 0 aliphatic carbocycles. The predicted molar refractivity (Wildman–Crippen MR) is 33.8 cm³/mol. The Balaban J connectivity index is 2.48. The van der Waals surface area contributed by atoms with Crippen LogP contribution in [0.4, 0.5) is 0 Å². The molecular formula is C6H10N2. The highest BCUT2D eigenvalue weighted by molar-refractivity contribution is 5.00. The molecule has 2 heteroatoms. The molecule has 2 nitrogen and oxygen atoms in total. The van der Waals surface area contributed by atoms with E-state index in [1.807, 2.05) is 24.2 Å². The van der Waals surface area contributed by atoms with Crippen molar-refractivity contribution in [2.45, 2.75) is 6.92 Å². The Bertz CT molecular complexity index is 126. The van der Waals surface area contributed by atoms with E-state index in [4.69, 9.17) is 0 Å². The molecule has 1 N–H and O–H groups in total. The van der Waals surface area contributed by atoms with Gasteiger partial charge in [-0.15, -0.1) is 0 Å². The molecule has 0 saturated carbocycles. The fourth-order valence-corrected chi connectivity index (χ4v) is 0.609. The lowest BCUT2D eigenvalue weighted by Gasteiger charge is -2.12. The maximum absolute atomic E-state index is 3.77. The number of hydrogen-bond donors (Lipinski definition) is 1. The number of nitrogens with one attached hydrogen (secondary N) is 1. The fourth-order valence-electron chi connectivity index (χ4n) is 0.609. The van der Waals surface area contributed by atoms with Crippen LogP contribution in [0.25, 0.3) is 0 Å². The minimum Gasteiger partial charge on any atom is -0.372 e. The molecule has 0 unspecified atom stereocenters. The Kier molecular flexibility index (Phi) is 1.24. The summed E-state index contributed by atoms with van der Waals surface area (Å²) in [5.74, 6) is 0. The standard InChI is InChI=1S/C6H10N2/c1-6(2)8-4-3-7-5-8/h3-4,7H,1,5H2,2H3. The maximum Gasteiger partial charge on any atom is 0.0912 e. The van der Waals surface area contributed by atoms with Crippen LogP contribution < -0.4 is 5.32 Å². The van der Waals surface area contributed by atoms with E-state index in [0.717, 1.165) is 12.4 Å². The van der Waals surface area contributed by atoms with Crippen molar-refractivity contribution in [1.82, 2.24) is 10.2 Å². The molecule has 0 aromatic heterocycles. The first-order valence-electron chi connectivity index (χ1n) is 2.63. The lowest BCUT2D eigenvalue weighted by atomic mass is 10.5. The SMILES string of the molecule is C=C(C)N1C=CNC1. The van der Waals surface area contributed by atoms with Crippen molar-refractivity contribution in [2.75, 3.05) is 6.67 Å². The van der Waals surface area contributed by atoms with Gasteiger partial charge in [0.2, 0.25) is 0 Å². The van der Waals surface area contributed by atoms with Crippen LogP contribution in [-0.2, 0) is 0 Å². The first-order chi connectivity index (χ1) is 3.80. The summed E-state index contributed by atoms with van der Waals surface area (Å²) in [6.07, 6.45) is 3.89. The van der Waals surface area contributed by atoms with Crippen molar-refractivity contribution in [3.05, 3.63) is 24.7 Å². The number of nitrogens with zero attached hydrogens (tertiary/aromatic N) is 1. The third-order valence-electron chi connectivity index (χ3n) is 1.12. The van der Waals surface area contributed by atoms with Crippen molar-refractivity contribution in [3.63, 3.8) is 0 Å². The van der Waals surface area contributed by atoms with Crippen LogP contribution in [0.5, 0.6) is 0 Å². The van der Waals surface area contributed by atoms with E-state index in [1.54, 1.807) is 0 Å². The van der Waals surface area contributed by atoms with Gasteiger partial charge in [-0.3, -0.25) is 0 Å². The van der Waals surface area contributed by atoms with Gasteiger partial charge in [-0.05, 0) is 6.92 Å². The third-order valence-corrected chi connectivity index (χ3v) is 1.12. The molecule has 0 spiro atoms. The summed E-state index contributed by atoms with van der Waals surface area (Å²) >= 11 is 0. The van der Waals surface area contributed by atoms with Crippen molar-refractivity contribution in [1.29, 1.82) is 0 Å². The second kappa shape index (κ2) is 1.90. The highest BCUT2D eigenvalue weighted by Gasteiger charge is 2.00. The van der Waals surface area contributed by atoms with Gasteiger partial charge < -0.3 is 10.2 Å². The zero-order valence-electron chi connectivity index (χ0n) is 5.02. The molecule has 8 heavy (non-hydrogen) atoms. The Morgan fingerprint density at radius 2 is 2.62 bits per heavy atom. The van der Waals surface area contributed by atoms with E-state index >= 15 is 0 Å². The molecule has 0 aromatic rings. The molecule has 1 heterocycles. The minimum atomic E-state index is 0.870. The van der Waals surface area contributed by atoms with Gasteiger partial charge in [0.05, 0.1) is 6.67 Å². The summed E-state index contributed by atoms with van der Waals surface area (Å²) in [7, 11) is 0. The lowest BCUT2D eigenvalue weighted by molar-refractivity contribution is 0.485. The summed E-state index contributed by atoms with van der Waals surface area (Å²) in [6.45, 7) is 6.63. The summed E-state index contributed by atoms with van der Waals surface area (Å²) < 4.78 is 0. The van der Waals surface area contributed by atoms with Gasteiger partial charge in [-0.1, -0.05) is 6.58 Å². The normalized spacial score (nSPS) is 16.4. The van der Waals surface area contributed by atoms with Crippen LogP contribution in [0.1, 0.15) is 6.92 Å². The Morgan fingerprint density at radius 1 is 1.88 bits per heavy atom. The van der Waals surface area contributed by atoms with Crippen LogP contribution >= 0.6 is 0 Å². The first-order valence-corrected chi connectivity index (χ1v) is 2.63. The molecule has 0 fully saturated rings. The van der Waals surface area contributed by atoms with Gasteiger partial charge in [0.15, 0.2) is 0 Å². The van der Waals surface area contributed by atoms with Crippen molar-refractivity contribution < 1.29 is 0 Å². The van der Waals surface area contributed by atoms with Crippen molar-refractivity contribution >= 4 is 0 Å². The highest BCUT2D eigenvalue weighted by Crippen LogP contribution is 2.01. The van der Waals surface area contributed by atoms with E-state index in [1.165, 1.54) is 0 Å². The van der Waals surface area contributed by atoms with Gasteiger partial charge in [0.25, 0.3) is 0 Å². The Hall–Kier alpha value is -0.920. The molecule has 0 saturated heterocycles. The smallest absolute Gasteiger partial charge is 0.0912 e. The highest BCUT2D eigenvalue weighted by atomic mass is 15.2. The van der Waals surface area contributed by atoms with Gasteiger partial charge >= 0.3 is 0 Å². The van der Waals surface area contributed by atoms with Crippen LogP contribution in [0.15, 0.2) is 24.7 Å². The van der Waals surface area contributed by atoms with E-state index in [9.17, 15) is 0 Å². The van der Waals surface area contributed by atoms with E-state index in [2.05, 4.69) is 11.9 Å². The maximum atomic E-state index is 3.77. The van der Waals surface area contributed by atoms with E-state index in [-0.39, 0.29) is 0 Å². The van der Waals surface area contributed by atoms with Gasteiger partial charge in [-0.25, -0.2) is 0 Å². The zero-order valence-corrected chi connectivity index (χ0v) is 5.02. The average Bonchev–Trinajstić information content (AvgIpc) is 2.12. The molecule has 0 bridgehead atoms. The fraction of sp³-hybridized carbons (Fsp3) is 0.333. The number of allylic oxidation sites excluding steroid dienone is 1. The third kappa shape index (κ3) is 0.832. The van der Waals surface area contributed by atoms with Crippen molar-refractivity contribution in [3.8, 4) is 0 Å². The summed E-state index contributed by atoms with van der Waals surface area (Å²) in [5, 5.41) is 3.04. The molecule has 1 aliphatic rings. The molecule has 1 rings (SSSR count). The second-order valence-corrected chi connectivity index (χ2v) is 1.88. The first kappa shape index (κ1) is 5.22. The van der Waals surface area contributed by atoms with E-state index < -0.39 is 0 Å². The van der Waals surface area contributed by atoms with Crippen molar-refractivity contribution in [2.24, 2.45) is 0 Å². The average molecular weight is 110 g/mol. The quantitative estimate of drug-likeness (QED) is 0.538. The lowest BCUT2D eigenvalue weighted by Crippen LogP contribution is -2.17. The Morgan fingerprint density at radius 3 is 2.88 bits per heavy atom. The molecule has 0 atom stereocenters. The molecule has 44 valence electrons. The van der Waals surface area contributed by atoms with Gasteiger partial charge in [0, 0.05) is 18.1 Å². The summed E-state index contributed by atoms with van der Waals surface area (Å²) in [4.78, 5) is 2.04. The number of hydrogen-bond acceptors (Lipinski definition) is 2. The largest absolute Gasteiger partial charge is 0.372 e. The molecule has 0 radical (unpaired) electrons. The monoisotopic (exact) mass is 110 g/mol. The zero-order chi connectivity index (χ0) is 5.98. The molecule has 0 aromatic carbocycles. The van der Waals surface area contributed by atoms with Gasteiger partial charge in [-0.2, -0.15) is 0 Å². The topological polar surface area (TPSA) is 15.3 Å². The van der Waals surface area contributed by atoms with Crippen LogP contribution in [0.2, 0.25) is 0 Å². The molecular weight excluding hydrogens is 100 g/mol. The van der Waals surface area contributed by atoms with Crippen LogP contribution in [0.3, 0.4) is 0 Å². The summed E-state index contributed by atoms with van der Waals surface area (Å²) in [6, 6.07) is 0. The number of rotatable bonds is 1. The second-order valence-electron chi connectivity index (χ2n) is 1.88. The molecule has 1 aliphatic heterocycles. The van der Waals surface area contributed by atoms with E-state index in [0.29, 0.717) is 0 Å². The minimum absolute atomic E-state index is 0.870. The van der Waals surface area contributed by atoms with Gasteiger partial charge in [0.1, 0.15) is 0 Å². The molecule has 0 amide bonds. The predicted octanol–water partition coefficient (Wildman–Crippen LogP) is 0.854. The van der Waals surface area contributed by atoms with Crippen LogP contribution in [0, 0.1) is 0 Å².